The Kier molecular flexibility index (Phi) is 5.63. The van der Waals surface area contributed by atoms with E-state index in [0.29, 0.717) is 24.4 Å². The fourth-order valence-electron chi connectivity index (χ4n) is 3.46. The number of nitrogens with zero attached hydrogens (tertiary/aromatic N) is 3. The van der Waals surface area contributed by atoms with Gasteiger partial charge in [-0.15, -0.1) is 0 Å². The summed E-state index contributed by atoms with van der Waals surface area (Å²) < 4.78 is 28.6. The monoisotopic (exact) mass is 429 g/mol. The van der Waals surface area contributed by atoms with Crippen molar-refractivity contribution in [1.29, 1.82) is 0 Å². The van der Waals surface area contributed by atoms with Crippen LogP contribution in [0, 0.1) is 5.82 Å². The molecule has 0 radical (unpaired) electrons. The molecular weight excluding hydrogens is 412 g/mol. The predicted octanol–water partition coefficient (Wildman–Crippen LogP) is 5.23. The number of benzene rings is 2. The molecule has 8 heteroatoms. The molecule has 0 aliphatic carbocycles. The zero-order valence-corrected chi connectivity index (χ0v) is 16.6. The van der Waals surface area contributed by atoms with E-state index in [0.717, 1.165) is 16.8 Å². The van der Waals surface area contributed by atoms with Gasteiger partial charge in [-0.1, -0.05) is 41.9 Å². The smallest absolute Gasteiger partial charge is 0.407 e. The van der Waals surface area contributed by atoms with Gasteiger partial charge in [0.2, 0.25) is 0 Å². The molecule has 1 atom stereocenters. The summed E-state index contributed by atoms with van der Waals surface area (Å²) in [5.74, 6) is -0.0195. The van der Waals surface area contributed by atoms with Gasteiger partial charge in [0.05, 0.1) is 12.2 Å². The zero-order chi connectivity index (χ0) is 21.3. The zero-order valence-electron chi connectivity index (χ0n) is 15.9. The Morgan fingerprint density at radius 3 is 2.70 bits per heavy atom. The van der Waals surface area contributed by atoms with Crippen LogP contribution in [0.25, 0.3) is 11.4 Å². The van der Waals surface area contributed by atoms with Crippen LogP contribution in [0.5, 0.6) is 0 Å². The number of carboxylic acid groups (broad SMARTS) is 1. The van der Waals surface area contributed by atoms with Crippen molar-refractivity contribution in [1.82, 2.24) is 14.9 Å². The van der Waals surface area contributed by atoms with Gasteiger partial charge < -0.3 is 10.0 Å². The number of carbonyl (C=O) groups is 1. The van der Waals surface area contributed by atoms with Crippen molar-refractivity contribution in [2.75, 3.05) is 6.54 Å². The van der Waals surface area contributed by atoms with Gasteiger partial charge in [-0.2, -0.15) is 0 Å². The Balaban J connectivity index is 1.49. The summed E-state index contributed by atoms with van der Waals surface area (Å²) in [4.78, 5) is 21.3. The largest absolute Gasteiger partial charge is 0.465 e. The molecule has 1 N–H and O–H groups in total. The molecule has 1 unspecified atom stereocenters. The molecule has 3 aromatic rings. The average molecular weight is 430 g/mol. The molecule has 1 aromatic heterocycles. The number of hydrogen-bond acceptors (Lipinski definition) is 3. The molecule has 2 aromatic carbocycles. The lowest BCUT2D eigenvalue weighted by molar-refractivity contribution is 0.139. The van der Waals surface area contributed by atoms with E-state index in [1.807, 2.05) is 0 Å². The van der Waals surface area contributed by atoms with Gasteiger partial charge >= 0.3 is 6.09 Å². The molecule has 1 aliphatic rings. The third-order valence-electron chi connectivity index (χ3n) is 5.15. The van der Waals surface area contributed by atoms with Crippen molar-refractivity contribution in [3.8, 4) is 11.4 Å². The first-order chi connectivity index (χ1) is 14.4. The van der Waals surface area contributed by atoms with E-state index in [2.05, 4.69) is 9.97 Å². The number of aromatic nitrogens is 2. The molecule has 5 nitrogen and oxygen atoms in total. The van der Waals surface area contributed by atoms with Crippen LogP contribution in [-0.2, 0) is 19.4 Å². The van der Waals surface area contributed by atoms with Crippen LogP contribution in [-0.4, -0.2) is 32.6 Å². The maximum atomic E-state index is 14.7. The summed E-state index contributed by atoms with van der Waals surface area (Å²) in [5, 5.41) is 9.39. The van der Waals surface area contributed by atoms with E-state index in [-0.39, 0.29) is 23.6 Å². The van der Waals surface area contributed by atoms with Crippen LogP contribution >= 0.6 is 11.6 Å². The summed E-state index contributed by atoms with van der Waals surface area (Å²) in [6.07, 6.45) is -0.241. The highest BCUT2D eigenvalue weighted by Gasteiger charge is 2.22. The second kappa shape index (κ2) is 8.36. The van der Waals surface area contributed by atoms with Crippen molar-refractivity contribution in [2.24, 2.45) is 0 Å². The average Bonchev–Trinajstić information content (AvgIpc) is 2.75. The van der Waals surface area contributed by atoms with Crippen molar-refractivity contribution >= 4 is 17.7 Å². The minimum Gasteiger partial charge on any atom is -0.465 e. The van der Waals surface area contributed by atoms with Crippen molar-refractivity contribution < 1.29 is 18.7 Å². The molecule has 0 saturated carbocycles. The summed E-state index contributed by atoms with van der Waals surface area (Å²) in [6, 6.07) is 11.0. The van der Waals surface area contributed by atoms with Gasteiger partial charge in [-0.25, -0.2) is 23.5 Å². The van der Waals surface area contributed by atoms with Crippen molar-refractivity contribution in [3.05, 3.63) is 81.9 Å². The van der Waals surface area contributed by atoms with Gasteiger partial charge in [-0.05, 0) is 23.3 Å². The first kappa shape index (κ1) is 20.2. The highest BCUT2D eigenvalue weighted by Crippen LogP contribution is 2.27. The fourth-order valence-corrected chi connectivity index (χ4v) is 3.62. The van der Waals surface area contributed by atoms with Crippen LogP contribution in [0.2, 0.25) is 5.02 Å². The van der Waals surface area contributed by atoms with Crippen LogP contribution in [0.1, 0.15) is 28.6 Å². The molecule has 1 amide bonds. The fraction of sp³-hybridized carbons (Fsp3) is 0.227. The number of alkyl halides is 1. The van der Waals surface area contributed by atoms with Gasteiger partial charge in [0.15, 0.2) is 5.82 Å². The molecule has 1 aliphatic heterocycles. The summed E-state index contributed by atoms with van der Waals surface area (Å²) >= 11 is 5.74. The lowest BCUT2D eigenvalue weighted by Gasteiger charge is -2.25. The van der Waals surface area contributed by atoms with E-state index in [1.165, 1.54) is 17.0 Å². The number of fused-ring (bicyclic) bond motifs is 1. The number of rotatable bonds is 4. The van der Waals surface area contributed by atoms with Crippen LogP contribution in [0.15, 0.2) is 48.7 Å². The minimum absolute atomic E-state index is 0.0855. The highest BCUT2D eigenvalue weighted by atomic mass is 35.5. The van der Waals surface area contributed by atoms with Gasteiger partial charge in [0.25, 0.3) is 0 Å². The number of halogens is 3. The van der Waals surface area contributed by atoms with Crippen LogP contribution < -0.4 is 0 Å². The van der Waals surface area contributed by atoms with E-state index in [9.17, 15) is 13.6 Å². The Bertz CT molecular complexity index is 1090. The molecular formula is C22H18ClF2N3O2. The SMILES string of the molecule is O=C(O)N1CCc2nc(-c3ccc(C(F)Cc4ccc(Cl)cc4F)cc3)ncc2C1. The Labute approximate surface area is 177 Å². The summed E-state index contributed by atoms with van der Waals surface area (Å²) in [6.45, 7) is 0.664. The summed E-state index contributed by atoms with van der Waals surface area (Å²) in [7, 11) is 0. The lowest BCUT2D eigenvalue weighted by Crippen LogP contribution is -2.35. The normalized spacial score (nSPS) is 14.3. The quantitative estimate of drug-likeness (QED) is 0.617. The van der Waals surface area contributed by atoms with E-state index in [4.69, 9.17) is 16.7 Å². The number of amides is 1. The number of hydrogen-bond donors (Lipinski definition) is 1. The van der Waals surface area contributed by atoms with Crippen LogP contribution in [0.4, 0.5) is 13.6 Å². The topological polar surface area (TPSA) is 66.3 Å². The Morgan fingerprint density at radius 1 is 1.23 bits per heavy atom. The second-order valence-electron chi connectivity index (χ2n) is 7.15. The van der Waals surface area contributed by atoms with E-state index >= 15 is 0 Å². The van der Waals surface area contributed by atoms with Gasteiger partial charge in [0, 0.05) is 41.7 Å². The first-order valence-corrected chi connectivity index (χ1v) is 9.79. The maximum Gasteiger partial charge on any atom is 0.407 e. The molecule has 154 valence electrons. The standard InChI is InChI=1S/C22H18ClF2N3O2/c23-17-6-5-15(19(25)10-17)9-18(24)13-1-3-14(4-2-13)21-26-11-16-12-28(22(29)30)8-7-20(16)27-21/h1-6,10-11,18H,7-9,12H2,(H,29,30). The Hall–Kier alpha value is -3.06. The second-order valence-corrected chi connectivity index (χ2v) is 7.59. The van der Waals surface area contributed by atoms with Gasteiger partial charge in [-0.3, -0.25) is 0 Å². The maximum absolute atomic E-state index is 14.7. The minimum atomic E-state index is -1.36. The molecule has 0 spiro atoms. The molecule has 4 rings (SSSR count). The Morgan fingerprint density at radius 2 is 2.00 bits per heavy atom. The predicted molar refractivity (Wildman–Crippen MR) is 109 cm³/mol. The van der Waals surface area contributed by atoms with Gasteiger partial charge in [0.1, 0.15) is 12.0 Å². The third-order valence-corrected chi connectivity index (χ3v) is 5.38. The molecule has 0 saturated heterocycles. The van der Waals surface area contributed by atoms with E-state index in [1.54, 1.807) is 36.5 Å². The third kappa shape index (κ3) is 4.26. The summed E-state index contributed by atoms with van der Waals surface area (Å²) in [5.41, 5.74) is 3.04. The van der Waals surface area contributed by atoms with E-state index < -0.39 is 18.1 Å². The molecule has 2 heterocycles. The first-order valence-electron chi connectivity index (χ1n) is 9.41. The van der Waals surface area contributed by atoms with Crippen molar-refractivity contribution in [3.63, 3.8) is 0 Å². The molecule has 0 fully saturated rings. The molecule has 30 heavy (non-hydrogen) atoms. The highest BCUT2D eigenvalue weighted by molar-refractivity contribution is 6.30. The van der Waals surface area contributed by atoms with Crippen molar-refractivity contribution in [2.45, 2.75) is 25.6 Å². The van der Waals surface area contributed by atoms with Crippen LogP contribution in [0.3, 0.4) is 0 Å². The lowest BCUT2D eigenvalue weighted by atomic mass is 10.0. The molecule has 0 bridgehead atoms.